The first kappa shape index (κ1) is 13.4. The molecule has 14 heavy (non-hydrogen) atoms. The SMILES string of the molecule is CCCC(C=C(C=O)C(C)CC)CC. The van der Waals surface area contributed by atoms with Crippen LogP contribution in [0.4, 0.5) is 0 Å². The molecule has 0 heterocycles. The van der Waals surface area contributed by atoms with E-state index in [-0.39, 0.29) is 0 Å². The van der Waals surface area contributed by atoms with Gasteiger partial charge in [-0.25, -0.2) is 0 Å². The van der Waals surface area contributed by atoms with Crippen LogP contribution in [0, 0.1) is 11.8 Å². The fourth-order valence-corrected chi connectivity index (χ4v) is 1.60. The molecule has 2 atom stereocenters. The van der Waals surface area contributed by atoms with Gasteiger partial charge in [-0.1, -0.05) is 40.2 Å². The smallest absolute Gasteiger partial charge is 0.145 e. The van der Waals surface area contributed by atoms with Gasteiger partial charge in [0.15, 0.2) is 0 Å². The summed E-state index contributed by atoms with van der Waals surface area (Å²) >= 11 is 0. The van der Waals surface area contributed by atoms with Crippen LogP contribution in [0.2, 0.25) is 0 Å². The molecule has 0 saturated heterocycles. The van der Waals surface area contributed by atoms with E-state index in [1.165, 1.54) is 12.8 Å². The van der Waals surface area contributed by atoms with Gasteiger partial charge in [-0.05, 0) is 36.7 Å². The summed E-state index contributed by atoms with van der Waals surface area (Å²) in [5.74, 6) is 1.01. The van der Waals surface area contributed by atoms with Crippen molar-refractivity contribution in [2.75, 3.05) is 0 Å². The summed E-state index contributed by atoms with van der Waals surface area (Å²) in [5, 5.41) is 0. The van der Waals surface area contributed by atoms with Crippen molar-refractivity contribution in [1.82, 2.24) is 0 Å². The molecule has 0 aromatic rings. The standard InChI is InChI=1S/C13H24O/c1-5-8-12(7-3)9-13(10-14)11(4)6-2/h9-12H,5-8H2,1-4H3. The zero-order valence-electron chi connectivity index (χ0n) is 10.0. The van der Waals surface area contributed by atoms with Crippen molar-refractivity contribution in [3.63, 3.8) is 0 Å². The molecule has 82 valence electrons. The van der Waals surface area contributed by atoms with Gasteiger partial charge in [0.05, 0.1) is 0 Å². The van der Waals surface area contributed by atoms with E-state index in [2.05, 4.69) is 33.8 Å². The van der Waals surface area contributed by atoms with Crippen molar-refractivity contribution in [2.45, 2.75) is 53.4 Å². The molecule has 0 fully saturated rings. The van der Waals surface area contributed by atoms with Crippen LogP contribution in [0.3, 0.4) is 0 Å². The molecular formula is C13H24O. The van der Waals surface area contributed by atoms with E-state index < -0.39 is 0 Å². The van der Waals surface area contributed by atoms with Crippen molar-refractivity contribution in [2.24, 2.45) is 11.8 Å². The normalized spacial score (nSPS) is 16.4. The average Bonchev–Trinajstić information content (AvgIpc) is 2.23. The van der Waals surface area contributed by atoms with Crippen LogP contribution < -0.4 is 0 Å². The monoisotopic (exact) mass is 196 g/mol. The molecule has 0 bridgehead atoms. The first-order valence-corrected chi connectivity index (χ1v) is 5.86. The van der Waals surface area contributed by atoms with Gasteiger partial charge in [-0.3, -0.25) is 4.79 Å². The maximum Gasteiger partial charge on any atom is 0.145 e. The molecule has 0 rings (SSSR count). The molecule has 1 heteroatoms. The zero-order chi connectivity index (χ0) is 11.0. The van der Waals surface area contributed by atoms with E-state index in [0.717, 1.165) is 24.7 Å². The third-order valence-electron chi connectivity index (χ3n) is 2.93. The van der Waals surface area contributed by atoms with E-state index in [9.17, 15) is 4.79 Å². The highest BCUT2D eigenvalue weighted by Crippen LogP contribution is 2.19. The molecule has 0 aliphatic carbocycles. The largest absolute Gasteiger partial charge is 0.298 e. The Hall–Kier alpha value is -0.590. The Morgan fingerprint density at radius 1 is 1.21 bits per heavy atom. The van der Waals surface area contributed by atoms with E-state index in [1.54, 1.807) is 0 Å². The summed E-state index contributed by atoms with van der Waals surface area (Å²) < 4.78 is 0. The number of hydrogen-bond donors (Lipinski definition) is 0. The molecule has 0 aliphatic rings. The Morgan fingerprint density at radius 2 is 1.86 bits per heavy atom. The zero-order valence-corrected chi connectivity index (χ0v) is 10.0. The van der Waals surface area contributed by atoms with Gasteiger partial charge in [0, 0.05) is 0 Å². The summed E-state index contributed by atoms with van der Waals surface area (Å²) in [6.45, 7) is 8.64. The second kappa shape index (κ2) is 7.78. The lowest BCUT2D eigenvalue weighted by Crippen LogP contribution is -2.03. The second-order valence-electron chi connectivity index (χ2n) is 4.05. The van der Waals surface area contributed by atoms with Gasteiger partial charge in [0.1, 0.15) is 6.29 Å². The van der Waals surface area contributed by atoms with Crippen molar-refractivity contribution >= 4 is 6.29 Å². The Labute approximate surface area is 88.6 Å². The predicted octanol–water partition coefficient (Wildman–Crippen LogP) is 3.98. The van der Waals surface area contributed by atoms with Crippen LogP contribution in [0.1, 0.15) is 53.4 Å². The maximum atomic E-state index is 10.9. The third kappa shape index (κ3) is 4.59. The fraction of sp³-hybridized carbons (Fsp3) is 0.769. The molecule has 0 aromatic carbocycles. The molecule has 0 radical (unpaired) electrons. The first-order valence-electron chi connectivity index (χ1n) is 5.86. The molecular weight excluding hydrogens is 172 g/mol. The second-order valence-corrected chi connectivity index (χ2v) is 4.05. The molecule has 0 aromatic heterocycles. The lowest BCUT2D eigenvalue weighted by atomic mass is 9.92. The molecule has 0 amide bonds. The summed E-state index contributed by atoms with van der Waals surface area (Å²) in [5.41, 5.74) is 0.993. The Balaban J connectivity index is 4.44. The highest BCUT2D eigenvalue weighted by Gasteiger charge is 2.08. The van der Waals surface area contributed by atoms with Crippen LogP contribution in [0.15, 0.2) is 11.6 Å². The summed E-state index contributed by atoms with van der Waals surface area (Å²) in [6, 6.07) is 0. The lowest BCUT2D eigenvalue weighted by Gasteiger charge is -2.13. The average molecular weight is 196 g/mol. The van der Waals surface area contributed by atoms with Crippen LogP contribution in [-0.4, -0.2) is 6.29 Å². The van der Waals surface area contributed by atoms with Gasteiger partial charge < -0.3 is 0 Å². The summed E-state index contributed by atoms with van der Waals surface area (Å²) in [6.07, 6.45) is 7.80. The van der Waals surface area contributed by atoms with Gasteiger partial charge in [0.2, 0.25) is 0 Å². The van der Waals surface area contributed by atoms with Crippen molar-refractivity contribution in [3.05, 3.63) is 11.6 Å². The van der Waals surface area contributed by atoms with Crippen LogP contribution in [-0.2, 0) is 4.79 Å². The molecule has 0 aliphatic heterocycles. The third-order valence-corrected chi connectivity index (χ3v) is 2.93. The number of carbonyl (C=O) groups is 1. The van der Waals surface area contributed by atoms with Crippen LogP contribution in [0.5, 0.6) is 0 Å². The van der Waals surface area contributed by atoms with Crippen molar-refractivity contribution in [1.29, 1.82) is 0 Å². The van der Waals surface area contributed by atoms with Gasteiger partial charge in [0.25, 0.3) is 0 Å². The molecule has 0 spiro atoms. The fourth-order valence-electron chi connectivity index (χ4n) is 1.60. The number of aldehydes is 1. The summed E-state index contributed by atoms with van der Waals surface area (Å²) in [4.78, 5) is 10.9. The minimum Gasteiger partial charge on any atom is -0.298 e. The minimum absolute atomic E-state index is 0.415. The highest BCUT2D eigenvalue weighted by atomic mass is 16.1. The highest BCUT2D eigenvalue weighted by molar-refractivity contribution is 5.73. The van der Waals surface area contributed by atoms with Gasteiger partial charge >= 0.3 is 0 Å². The van der Waals surface area contributed by atoms with Crippen LogP contribution in [0.25, 0.3) is 0 Å². The van der Waals surface area contributed by atoms with E-state index in [0.29, 0.717) is 11.8 Å². The minimum atomic E-state index is 0.415. The van der Waals surface area contributed by atoms with Crippen LogP contribution >= 0.6 is 0 Å². The van der Waals surface area contributed by atoms with E-state index >= 15 is 0 Å². The van der Waals surface area contributed by atoms with E-state index in [1.807, 2.05) is 0 Å². The number of hydrogen-bond acceptors (Lipinski definition) is 1. The van der Waals surface area contributed by atoms with Gasteiger partial charge in [-0.15, -0.1) is 0 Å². The number of rotatable bonds is 7. The molecule has 2 unspecified atom stereocenters. The topological polar surface area (TPSA) is 17.1 Å². The number of carbonyl (C=O) groups excluding carboxylic acids is 1. The van der Waals surface area contributed by atoms with Gasteiger partial charge in [-0.2, -0.15) is 0 Å². The lowest BCUT2D eigenvalue weighted by molar-refractivity contribution is -0.105. The van der Waals surface area contributed by atoms with E-state index in [4.69, 9.17) is 0 Å². The molecule has 0 N–H and O–H groups in total. The molecule has 1 nitrogen and oxygen atoms in total. The van der Waals surface area contributed by atoms with Crippen molar-refractivity contribution in [3.8, 4) is 0 Å². The maximum absolute atomic E-state index is 10.9. The molecule has 0 saturated carbocycles. The van der Waals surface area contributed by atoms with Crippen molar-refractivity contribution < 1.29 is 4.79 Å². The Morgan fingerprint density at radius 3 is 2.21 bits per heavy atom. The Kier molecular flexibility index (Phi) is 7.45. The number of allylic oxidation sites excluding steroid dienone is 2. The summed E-state index contributed by atoms with van der Waals surface area (Å²) in [7, 11) is 0. The Bertz CT molecular complexity index is 182. The predicted molar refractivity (Wildman–Crippen MR) is 62.3 cm³/mol. The first-order chi connectivity index (χ1) is 6.69. The quantitative estimate of drug-likeness (QED) is 0.444.